The molecule has 0 atom stereocenters. The second-order valence-corrected chi connectivity index (χ2v) is 4.16. The lowest BCUT2D eigenvalue weighted by atomic mass is 10.2. The van der Waals surface area contributed by atoms with Gasteiger partial charge in [0, 0.05) is 25.2 Å². The molecule has 0 spiro atoms. The first-order valence-electron chi connectivity index (χ1n) is 5.83. The third-order valence-corrected chi connectivity index (χ3v) is 2.69. The molecule has 0 saturated heterocycles. The summed E-state index contributed by atoms with van der Waals surface area (Å²) in [5.41, 5.74) is 1.89. The van der Waals surface area contributed by atoms with Gasteiger partial charge in [0.25, 0.3) is 5.69 Å². The second-order valence-electron chi connectivity index (χ2n) is 4.16. The summed E-state index contributed by atoms with van der Waals surface area (Å²) in [5.74, 6) is -0.262. The highest BCUT2D eigenvalue weighted by Crippen LogP contribution is 2.13. The van der Waals surface area contributed by atoms with Gasteiger partial charge in [-0.25, -0.2) is 4.39 Å². The first-order valence-corrected chi connectivity index (χ1v) is 5.83. The maximum atomic E-state index is 12.7. The summed E-state index contributed by atoms with van der Waals surface area (Å²) in [4.78, 5) is 10.2. The van der Waals surface area contributed by atoms with Crippen molar-refractivity contribution in [2.45, 2.75) is 13.1 Å². The van der Waals surface area contributed by atoms with Gasteiger partial charge in [-0.15, -0.1) is 0 Å². The van der Waals surface area contributed by atoms with E-state index in [2.05, 4.69) is 5.32 Å². The number of benzene rings is 2. The monoisotopic (exact) mass is 260 g/mol. The third kappa shape index (κ3) is 3.86. The molecule has 0 aliphatic carbocycles. The van der Waals surface area contributed by atoms with Gasteiger partial charge in [-0.3, -0.25) is 10.1 Å². The molecule has 0 aliphatic heterocycles. The van der Waals surface area contributed by atoms with Crippen molar-refractivity contribution in [3.63, 3.8) is 0 Å². The van der Waals surface area contributed by atoms with Crippen LogP contribution in [0.4, 0.5) is 10.1 Å². The first kappa shape index (κ1) is 13.2. The summed E-state index contributed by atoms with van der Waals surface area (Å²) < 4.78 is 12.7. The van der Waals surface area contributed by atoms with Crippen LogP contribution >= 0.6 is 0 Å². The fourth-order valence-electron chi connectivity index (χ4n) is 1.73. The third-order valence-electron chi connectivity index (χ3n) is 2.69. The average Bonchev–Trinajstić information content (AvgIpc) is 2.41. The van der Waals surface area contributed by atoms with Crippen LogP contribution in [0, 0.1) is 15.9 Å². The summed E-state index contributed by atoms with van der Waals surface area (Å²) in [6.07, 6.45) is 0. The van der Waals surface area contributed by atoms with Crippen molar-refractivity contribution < 1.29 is 9.31 Å². The average molecular weight is 260 g/mol. The zero-order chi connectivity index (χ0) is 13.7. The summed E-state index contributed by atoms with van der Waals surface area (Å²) in [6.45, 7) is 1.11. The Morgan fingerprint density at radius 3 is 2.42 bits per heavy atom. The molecule has 0 saturated carbocycles. The van der Waals surface area contributed by atoms with Crippen molar-refractivity contribution in [2.75, 3.05) is 0 Å². The molecular weight excluding hydrogens is 247 g/mol. The first-order chi connectivity index (χ1) is 9.15. The van der Waals surface area contributed by atoms with Crippen LogP contribution in [0.3, 0.4) is 0 Å². The maximum Gasteiger partial charge on any atom is 0.269 e. The quantitative estimate of drug-likeness (QED) is 0.664. The Morgan fingerprint density at radius 1 is 1.05 bits per heavy atom. The minimum Gasteiger partial charge on any atom is -0.309 e. The van der Waals surface area contributed by atoms with E-state index in [1.54, 1.807) is 18.2 Å². The van der Waals surface area contributed by atoms with Crippen LogP contribution in [0.1, 0.15) is 11.1 Å². The molecule has 98 valence electrons. The Hall–Kier alpha value is -2.27. The zero-order valence-electron chi connectivity index (χ0n) is 10.2. The summed E-state index contributed by atoms with van der Waals surface area (Å²) >= 11 is 0. The number of nitro benzene ring substituents is 1. The standard InChI is InChI=1S/C14H13FN2O2/c15-13-6-4-11(5-7-13)9-16-10-12-2-1-3-14(8-12)17(18)19/h1-8,16H,9-10H2. The van der Waals surface area contributed by atoms with Gasteiger partial charge in [0.1, 0.15) is 5.82 Å². The molecule has 0 amide bonds. The number of hydrogen-bond acceptors (Lipinski definition) is 3. The van der Waals surface area contributed by atoms with Gasteiger partial charge in [0.05, 0.1) is 4.92 Å². The molecule has 5 heteroatoms. The van der Waals surface area contributed by atoms with E-state index in [9.17, 15) is 14.5 Å². The van der Waals surface area contributed by atoms with E-state index in [0.29, 0.717) is 13.1 Å². The number of hydrogen-bond donors (Lipinski definition) is 1. The van der Waals surface area contributed by atoms with Crippen LogP contribution in [0.15, 0.2) is 48.5 Å². The Kier molecular flexibility index (Phi) is 4.20. The highest BCUT2D eigenvalue weighted by Gasteiger charge is 2.05. The molecule has 0 bridgehead atoms. The van der Waals surface area contributed by atoms with Crippen LogP contribution < -0.4 is 5.32 Å². The van der Waals surface area contributed by atoms with Gasteiger partial charge in [-0.2, -0.15) is 0 Å². The normalized spacial score (nSPS) is 10.4. The Labute approximate surface area is 110 Å². The molecule has 2 aromatic carbocycles. The molecule has 0 aromatic heterocycles. The van der Waals surface area contributed by atoms with Crippen molar-refractivity contribution in [3.8, 4) is 0 Å². The molecule has 4 nitrogen and oxygen atoms in total. The van der Waals surface area contributed by atoms with E-state index in [4.69, 9.17) is 0 Å². The Bertz CT molecular complexity index is 570. The van der Waals surface area contributed by atoms with Crippen LogP contribution in [0.25, 0.3) is 0 Å². The highest BCUT2D eigenvalue weighted by atomic mass is 19.1. The lowest BCUT2D eigenvalue weighted by Gasteiger charge is -2.05. The second kappa shape index (κ2) is 6.06. The number of non-ortho nitro benzene ring substituents is 1. The number of rotatable bonds is 5. The Morgan fingerprint density at radius 2 is 1.74 bits per heavy atom. The van der Waals surface area contributed by atoms with Crippen LogP contribution in [0.5, 0.6) is 0 Å². The SMILES string of the molecule is O=[N+]([O-])c1cccc(CNCc2ccc(F)cc2)c1. The molecule has 0 unspecified atom stereocenters. The highest BCUT2D eigenvalue weighted by molar-refractivity contribution is 5.34. The topological polar surface area (TPSA) is 55.2 Å². The molecule has 0 aliphatic rings. The van der Waals surface area contributed by atoms with Crippen LogP contribution in [-0.4, -0.2) is 4.92 Å². The van der Waals surface area contributed by atoms with Crippen molar-refractivity contribution in [3.05, 3.63) is 75.6 Å². The lowest BCUT2D eigenvalue weighted by Crippen LogP contribution is -2.12. The van der Waals surface area contributed by atoms with E-state index in [-0.39, 0.29) is 11.5 Å². The fraction of sp³-hybridized carbons (Fsp3) is 0.143. The fourth-order valence-corrected chi connectivity index (χ4v) is 1.73. The zero-order valence-corrected chi connectivity index (χ0v) is 10.2. The van der Waals surface area contributed by atoms with E-state index in [0.717, 1.165) is 11.1 Å². The summed E-state index contributed by atoms with van der Waals surface area (Å²) in [7, 11) is 0. The predicted molar refractivity (Wildman–Crippen MR) is 70.0 cm³/mol. The van der Waals surface area contributed by atoms with E-state index < -0.39 is 4.92 Å². The predicted octanol–water partition coefficient (Wildman–Crippen LogP) is 3.02. The molecule has 0 heterocycles. The smallest absolute Gasteiger partial charge is 0.269 e. The number of nitro groups is 1. The molecule has 19 heavy (non-hydrogen) atoms. The molecule has 2 aromatic rings. The van der Waals surface area contributed by atoms with E-state index >= 15 is 0 Å². The van der Waals surface area contributed by atoms with Gasteiger partial charge < -0.3 is 5.32 Å². The lowest BCUT2D eigenvalue weighted by molar-refractivity contribution is -0.384. The Balaban J connectivity index is 1.90. The molecule has 2 rings (SSSR count). The maximum absolute atomic E-state index is 12.7. The summed E-state index contributed by atoms with van der Waals surface area (Å²) in [5, 5.41) is 13.8. The molecular formula is C14H13FN2O2. The van der Waals surface area contributed by atoms with Crippen molar-refractivity contribution in [1.29, 1.82) is 0 Å². The largest absolute Gasteiger partial charge is 0.309 e. The van der Waals surface area contributed by atoms with Crippen molar-refractivity contribution >= 4 is 5.69 Å². The van der Waals surface area contributed by atoms with E-state index in [1.807, 2.05) is 6.07 Å². The minimum absolute atomic E-state index is 0.0843. The van der Waals surface area contributed by atoms with Crippen molar-refractivity contribution in [2.24, 2.45) is 0 Å². The van der Waals surface area contributed by atoms with Gasteiger partial charge in [-0.1, -0.05) is 24.3 Å². The van der Waals surface area contributed by atoms with Crippen molar-refractivity contribution in [1.82, 2.24) is 5.32 Å². The van der Waals surface area contributed by atoms with Gasteiger partial charge in [0.2, 0.25) is 0 Å². The van der Waals surface area contributed by atoms with Gasteiger partial charge in [-0.05, 0) is 23.3 Å². The van der Waals surface area contributed by atoms with Gasteiger partial charge >= 0.3 is 0 Å². The van der Waals surface area contributed by atoms with Crippen LogP contribution in [-0.2, 0) is 13.1 Å². The molecule has 1 N–H and O–H groups in total. The van der Waals surface area contributed by atoms with Gasteiger partial charge in [0.15, 0.2) is 0 Å². The number of nitrogens with zero attached hydrogens (tertiary/aromatic N) is 1. The number of halogens is 1. The van der Waals surface area contributed by atoms with Crippen LogP contribution in [0.2, 0.25) is 0 Å². The number of nitrogens with one attached hydrogen (secondary N) is 1. The minimum atomic E-state index is -0.413. The molecule has 0 radical (unpaired) electrons. The summed E-state index contributed by atoms with van der Waals surface area (Å²) in [6, 6.07) is 12.7. The molecule has 0 fully saturated rings. The van der Waals surface area contributed by atoms with E-state index in [1.165, 1.54) is 24.3 Å².